The number of aromatic nitrogens is 1. The van der Waals surface area contributed by atoms with Gasteiger partial charge in [-0.1, -0.05) is 0 Å². The smallest absolute Gasteiger partial charge is 0.261 e. The monoisotopic (exact) mass is 268 g/mol. The molecule has 4 nitrogen and oxygen atoms in total. The van der Waals surface area contributed by atoms with Gasteiger partial charge in [-0.05, 0) is 24.3 Å². The summed E-state index contributed by atoms with van der Waals surface area (Å²) in [4.78, 5) is 14.8. The Morgan fingerprint density at radius 1 is 1.37 bits per heavy atom. The van der Waals surface area contributed by atoms with Crippen molar-refractivity contribution < 1.29 is 18.3 Å². The van der Waals surface area contributed by atoms with Gasteiger partial charge in [0.1, 0.15) is 6.61 Å². The van der Waals surface area contributed by atoms with Gasteiger partial charge < -0.3 is 15.0 Å². The number of carbonyl (C=O) groups excluding carboxylic acids is 1. The van der Waals surface area contributed by atoms with Crippen molar-refractivity contribution in [2.24, 2.45) is 0 Å². The Kier molecular flexibility index (Phi) is 4.46. The minimum absolute atomic E-state index is 0.0719. The number of halogens is 2. The van der Waals surface area contributed by atoms with Crippen molar-refractivity contribution in [1.29, 1.82) is 0 Å². The fraction of sp³-hybridized carbons (Fsp3) is 0.308. The molecule has 0 unspecified atom stereocenters. The van der Waals surface area contributed by atoms with Crippen LogP contribution in [0.4, 0.5) is 8.78 Å². The van der Waals surface area contributed by atoms with E-state index in [0.29, 0.717) is 5.56 Å². The van der Waals surface area contributed by atoms with E-state index in [0.717, 1.165) is 10.9 Å². The number of fused-ring (bicyclic) bond motifs is 1. The summed E-state index contributed by atoms with van der Waals surface area (Å²) in [5.74, 6) is -0.247. The van der Waals surface area contributed by atoms with Crippen molar-refractivity contribution in [3.05, 3.63) is 36.0 Å². The summed E-state index contributed by atoms with van der Waals surface area (Å²) in [6.45, 7) is -0.329. The molecular weight excluding hydrogens is 254 g/mol. The highest BCUT2D eigenvalue weighted by atomic mass is 19.3. The van der Waals surface area contributed by atoms with Gasteiger partial charge in [-0.3, -0.25) is 4.79 Å². The average Bonchev–Trinajstić information content (AvgIpc) is 2.84. The van der Waals surface area contributed by atoms with Gasteiger partial charge >= 0.3 is 0 Å². The lowest BCUT2D eigenvalue weighted by Crippen LogP contribution is -2.27. The van der Waals surface area contributed by atoms with Crippen LogP contribution in [-0.4, -0.2) is 37.1 Å². The van der Waals surface area contributed by atoms with Crippen molar-refractivity contribution in [2.75, 3.05) is 19.8 Å². The summed E-state index contributed by atoms with van der Waals surface area (Å²) in [7, 11) is 0. The summed E-state index contributed by atoms with van der Waals surface area (Å²) < 4.78 is 28.2. The third-order valence-corrected chi connectivity index (χ3v) is 2.59. The predicted molar refractivity (Wildman–Crippen MR) is 67.5 cm³/mol. The van der Waals surface area contributed by atoms with Crippen molar-refractivity contribution in [2.45, 2.75) is 6.43 Å². The highest BCUT2D eigenvalue weighted by Gasteiger charge is 2.06. The number of alkyl halides is 2. The molecule has 2 aromatic rings. The molecule has 0 bridgehead atoms. The number of carbonyl (C=O) groups is 1. The van der Waals surface area contributed by atoms with Gasteiger partial charge in [0.15, 0.2) is 0 Å². The van der Waals surface area contributed by atoms with E-state index in [-0.39, 0.29) is 19.1 Å². The Bertz CT molecular complexity index is 554. The maximum atomic E-state index is 11.8. The van der Waals surface area contributed by atoms with Crippen molar-refractivity contribution >= 4 is 16.8 Å². The number of amides is 1. The van der Waals surface area contributed by atoms with E-state index in [1.165, 1.54) is 0 Å². The Morgan fingerprint density at radius 3 is 3.00 bits per heavy atom. The van der Waals surface area contributed by atoms with E-state index in [4.69, 9.17) is 0 Å². The predicted octanol–water partition coefficient (Wildman–Crippen LogP) is 2.18. The van der Waals surface area contributed by atoms with Gasteiger partial charge in [0, 0.05) is 29.2 Å². The third-order valence-electron chi connectivity index (χ3n) is 2.59. The van der Waals surface area contributed by atoms with Gasteiger partial charge in [-0.25, -0.2) is 8.78 Å². The molecule has 0 aliphatic carbocycles. The van der Waals surface area contributed by atoms with Crippen LogP contribution in [0.1, 0.15) is 10.4 Å². The number of aromatic amines is 1. The van der Waals surface area contributed by atoms with Crippen LogP contribution >= 0.6 is 0 Å². The number of hydrogen-bond donors (Lipinski definition) is 2. The van der Waals surface area contributed by atoms with Crippen LogP contribution < -0.4 is 5.32 Å². The minimum Gasteiger partial charge on any atom is -0.374 e. The number of nitrogens with one attached hydrogen (secondary N) is 2. The Morgan fingerprint density at radius 2 is 2.21 bits per heavy atom. The average molecular weight is 268 g/mol. The first-order valence-electron chi connectivity index (χ1n) is 5.88. The van der Waals surface area contributed by atoms with E-state index in [1.807, 2.05) is 12.1 Å². The van der Waals surface area contributed by atoms with Crippen LogP contribution in [0.5, 0.6) is 0 Å². The minimum atomic E-state index is -2.48. The molecule has 1 heterocycles. The first-order chi connectivity index (χ1) is 9.16. The number of benzene rings is 1. The molecule has 0 saturated carbocycles. The molecule has 0 spiro atoms. The Hall–Kier alpha value is -1.95. The molecule has 0 aliphatic rings. The third kappa shape index (κ3) is 3.75. The van der Waals surface area contributed by atoms with E-state index in [2.05, 4.69) is 15.0 Å². The number of ether oxygens (including phenoxy) is 1. The number of rotatable bonds is 6. The molecule has 1 aromatic carbocycles. The lowest BCUT2D eigenvalue weighted by molar-refractivity contribution is 0.0188. The van der Waals surface area contributed by atoms with Gasteiger partial charge in [-0.2, -0.15) is 0 Å². The molecule has 1 aromatic heterocycles. The zero-order valence-electron chi connectivity index (χ0n) is 10.2. The molecule has 6 heteroatoms. The number of hydrogen-bond acceptors (Lipinski definition) is 2. The summed E-state index contributed by atoms with van der Waals surface area (Å²) in [5, 5.41) is 3.56. The molecule has 0 radical (unpaired) electrons. The SMILES string of the molecule is O=C(NCCOCC(F)F)c1ccc2[nH]ccc2c1. The van der Waals surface area contributed by atoms with Gasteiger partial charge in [0.05, 0.1) is 6.61 Å². The fourth-order valence-corrected chi connectivity index (χ4v) is 1.71. The molecule has 2 rings (SSSR count). The Labute approximate surface area is 108 Å². The largest absolute Gasteiger partial charge is 0.374 e. The van der Waals surface area contributed by atoms with Crippen LogP contribution in [0, 0.1) is 0 Å². The molecule has 0 atom stereocenters. The first-order valence-corrected chi connectivity index (χ1v) is 5.88. The highest BCUT2D eigenvalue weighted by Crippen LogP contribution is 2.13. The van der Waals surface area contributed by atoms with E-state index in [9.17, 15) is 13.6 Å². The van der Waals surface area contributed by atoms with Crippen LogP contribution in [0.15, 0.2) is 30.5 Å². The van der Waals surface area contributed by atoms with Gasteiger partial charge in [0.2, 0.25) is 0 Å². The summed E-state index contributed by atoms with van der Waals surface area (Å²) in [5.41, 5.74) is 1.48. The molecule has 1 amide bonds. The van der Waals surface area contributed by atoms with Crippen molar-refractivity contribution in [1.82, 2.24) is 10.3 Å². The quantitative estimate of drug-likeness (QED) is 0.789. The second-order valence-corrected chi connectivity index (χ2v) is 4.00. The topological polar surface area (TPSA) is 54.1 Å². The van der Waals surface area contributed by atoms with E-state index in [1.54, 1.807) is 18.3 Å². The van der Waals surface area contributed by atoms with Crippen LogP contribution in [0.3, 0.4) is 0 Å². The van der Waals surface area contributed by atoms with Gasteiger partial charge in [-0.15, -0.1) is 0 Å². The molecule has 2 N–H and O–H groups in total. The maximum Gasteiger partial charge on any atom is 0.261 e. The van der Waals surface area contributed by atoms with Crippen LogP contribution in [0.2, 0.25) is 0 Å². The summed E-state index contributed by atoms with van der Waals surface area (Å²) in [6.07, 6.45) is -0.684. The van der Waals surface area contributed by atoms with Crippen molar-refractivity contribution in [3.8, 4) is 0 Å². The van der Waals surface area contributed by atoms with Crippen LogP contribution in [-0.2, 0) is 4.74 Å². The molecule has 19 heavy (non-hydrogen) atoms. The Balaban J connectivity index is 1.82. The maximum absolute atomic E-state index is 11.8. The van der Waals surface area contributed by atoms with E-state index >= 15 is 0 Å². The van der Waals surface area contributed by atoms with Gasteiger partial charge in [0.25, 0.3) is 12.3 Å². The highest BCUT2D eigenvalue weighted by molar-refractivity contribution is 5.98. The first kappa shape index (κ1) is 13.5. The second kappa shape index (κ2) is 6.29. The van der Waals surface area contributed by atoms with Crippen LogP contribution in [0.25, 0.3) is 10.9 Å². The number of H-pyrrole nitrogens is 1. The molecule has 0 saturated heterocycles. The zero-order valence-corrected chi connectivity index (χ0v) is 10.2. The van der Waals surface area contributed by atoms with Crippen molar-refractivity contribution in [3.63, 3.8) is 0 Å². The fourth-order valence-electron chi connectivity index (χ4n) is 1.71. The molecular formula is C13H14F2N2O2. The summed E-state index contributed by atoms with van der Waals surface area (Å²) in [6, 6.07) is 7.16. The second-order valence-electron chi connectivity index (χ2n) is 4.00. The molecule has 102 valence electrons. The van der Waals surface area contributed by atoms with E-state index < -0.39 is 13.0 Å². The normalized spacial score (nSPS) is 11.1. The lowest BCUT2D eigenvalue weighted by atomic mass is 10.1. The lowest BCUT2D eigenvalue weighted by Gasteiger charge is -2.06. The molecule has 0 fully saturated rings. The zero-order chi connectivity index (χ0) is 13.7. The summed E-state index contributed by atoms with van der Waals surface area (Å²) >= 11 is 0. The standard InChI is InChI=1S/C13H14F2N2O2/c14-12(15)8-19-6-5-17-13(18)10-1-2-11-9(7-10)3-4-16-11/h1-4,7,12,16H,5-6,8H2,(H,17,18). The molecule has 0 aliphatic heterocycles.